The van der Waals surface area contributed by atoms with Gasteiger partial charge in [0.05, 0.1) is 24.4 Å². The maximum Gasteiger partial charge on any atom is 0.0841 e. The lowest BCUT2D eigenvalue weighted by molar-refractivity contribution is -0.226. The molecule has 0 N–H and O–H groups in total. The first-order valence-electron chi connectivity index (χ1n) is 8.07. The maximum absolute atomic E-state index is 6.37. The Labute approximate surface area is 113 Å². The molecular weight excluding hydrogens is 224 g/mol. The third-order valence-corrected chi connectivity index (χ3v) is 3.82. The van der Waals surface area contributed by atoms with Crippen molar-refractivity contribution in [2.45, 2.75) is 103 Å². The van der Waals surface area contributed by atoms with E-state index in [0.717, 1.165) is 25.7 Å². The minimum atomic E-state index is 0.333. The average molecular weight is 256 g/mol. The van der Waals surface area contributed by atoms with Crippen molar-refractivity contribution < 1.29 is 9.47 Å². The molecule has 0 aromatic rings. The van der Waals surface area contributed by atoms with Gasteiger partial charge >= 0.3 is 0 Å². The first-order chi connectivity index (χ1) is 8.76. The quantitative estimate of drug-likeness (QED) is 0.626. The lowest BCUT2D eigenvalue weighted by atomic mass is 9.97. The summed E-state index contributed by atoms with van der Waals surface area (Å²) in [5.41, 5.74) is 0. The minimum absolute atomic E-state index is 0.333. The van der Waals surface area contributed by atoms with E-state index in [4.69, 9.17) is 9.47 Å². The minimum Gasteiger partial charge on any atom is -0.370 e. The van der Waals surface area contributed by atoms with Gasteiger partial charge in [-0.2, -0.15) is 0 Å². The highest BCUT2D eigenvalue weighted by Gasteiger charge is 2.36. The zero-order valence-corrected chi connectivity index (χ0v) is 12.8. The van der Waals surface area contributed by atoms with Gasteiger partial charge in [0, 0.05) is 0 Å². The van der Waals surface area contributed by atoms with E-state index in [-0.39, 0.29) is 0 Å². The van der Waals surface area contributed by atoms with Crippen molar-refractivity contribution in [3.05, 3.63) is 0 Å². The van der Waals surface area contributed by atoms with Crippen molar-refractivity contribution in [1.82, 2.24) is 0 Å². The maximum atomic E-state index is 6.37. The average Bonchev–Trinajstić information content (AvgIpc) is 2.35. The Bertz CT molecular complexity index is 163. The van der Waals surface area contributed by atoms with Crippen molar-refractivity contribution in [3.8, 4) is 0 Å². The van der Waals surface area contributed by atoms with E-state index in [1.807, 2.05) is 0 Å². The highest BCUT2D eigenvalue weighted by atomic mass is 16.6. The molecule has 0 spiro atoms. The molecule has 4 unspecified atom stereocenters. The Morgan fingerprint density at radius 2 is 0.722 bits per heavy atom. The number of hydrogen-bond donors (Lipinski definition) is 0. The van der Waals surface area contributed by atoms with E-state index in [0.29, 0.717) is 24.4 Å². The summed E-state index contributed by atoms with van der Waals surface area (Å²) in [7, 11) is 0. The normalized spacial score (nSPS) is 32.7. The van der Waals surface area contributed by atoms with Crippen LogP contribution >= 0.6 is 0 Å². The van der Waals surface area contributed by atoms with E-state index >= 15 is 0 Å². The molecule has 1 aliphatic heterocycles. The molecule has 0 amide bonds. The molecule has 0 bridgehead atoms. The van der Waals surface area contributed by atoms with E-state index in [1.165, 1.54) is 25.7 Å². The second kappa shape index (κ2) is 8.92. The van der Waals surface area contributed by atoms with Gasteiger partial charge in [-0.3, -0.25) is 0 Å². The summed E-state index contributed by atoms with van der Waals surface area (Å²) in [4.78, 5) is 0. The molecule has 4 atom stereocenters. The molecule has 0 aliphatic carbocycles. The lowest BCUT2D eigenvalue weighted by Crippen LogP contribution is -2.49. The van der Waals surface area contributed by atoms with Gasteiger partial charge in [-0.25, -0.2) is 0 Å². The van der Waals surface area contributed by atoms with E-state index in [9.17, 15) is 0 Å². The van der Waals surface area contributed by atoms with Gasteiger partial charge in [0.1, 0.15) is 0 Å². The van der Waals surface area contributed by atoms with Crippen molar-refractivity contribution in [2.24, 2.45) is 0 Å². The van der Waals surface area contributed by atoms with E-state index in [2.05, 4.69) is 27.7 Å². The monoisotopic (exact) mass is 256 g/mol. The molecule has 0 saturated carbocycles. The van der Waals surface area contributed by atoms with Crippen molar-refractivity contribution in [3.63, 3.8) is 0 Å². The zero-order chi connectivity index (χ0) is 13.4. The van der Waals surface area contributed by atoms with Crippen molar-refractivity contribution in [1.29, 1.82) is 0 Å². The fourth-order valence-electron chi connectivity index (χ4n) is 2.95. The van der Waals surface area contributed by atoms with Gasteiger partial charge in [0.15, 0.2) is 0 Å². The molecule has 1 fully saturated rings. The van der Waals surface area contributed by atoms with Crippen LogP contribution in [0.4, 0.5) is 0 Å². The van der Waals surface area contributed by atoms with Crippen LogP contribution in [0.2, 0.25) is 0 Å². The summed E-state index contributed by atoms with van der Waals surface area (Å²) in [5, 5.41) is 0. The summed E-state index contributed by atoms with van der Waals surface area (Å²) in [6.45, 7) is 8.94. The van der Waals surface area contributed by atoms with Crippen LogP contribution < -0.4 is 0 Å². The predicted octanol–water partition coefficient (Wildman–Crippen LogP) is 4.71. The summed E-state index contributed by atoms with van der Waals surface area (Å²) in [5.74, 6) is 0. The standard InChI is InChI=1S/C16H32O2/c1-5-9-13-14(10-6-2)18-16(12-8-4)15(17-13)11-7-3/h13-16H,5-12H2,1-4H3. The highest BCUT2D eigenvalue weighted by Crippen LogP contribution is 2.30. The molecule has 0 aromatic carbocycles. The van der Waals surface area contributed by atoms with Crippen LogP contribution in [0.1, 0.15) is 79.1 Å². The topological polar surface area (TPSA) is 18.5 Å². The number of ether oxygens (including phenoxy) is 2. The molecular formula is C16H32O2. The number of rotatable bonds is 8. The van der Waals surface area contributed by atoms with Crippen LogP contribution in [0, 0.1) is 0 Å². The van der Waals surface area contributed by atoms with Crippen LogP contribution in [0.5, 0.6) is 0 Å². The van der Waals surface area contributed by atoms with Crippen LogP contribution in [0.3, 0.4) is 0 Å². The van der Waals surface area contributed by atoms with Gasteiger partial charge in [0.2, 0.25) is 0 Å². The summed E-state index contributed by atoms with van der Waals surface area (Å²) >= 11 is 0. The number of hydrogen-bond acceptors (Lipinski definition) is 2. The lowest BCUT2D eigenvalue weighted by Gasteiger charge is -2.42. The van der Waals surface area contributed by atoms with Gasteiger partial charge in [-0.05, 0) is 25.7 Å². The van der Waals surface area contributed by atoms with Crippen LogP contribution in [-0.2, 0) is 9.47 Å². The Morgan fingerprint density at radius 3 is 0.889 bits per heavy atom. The van der Waals surface area contributed by atoms with E-state index in [1.54, 1.807) is 0 Å². The first-order valence-corrected chi connectivity index (χ1v) is 8.07. The molecule has 108 valence electrons. The largest absolute Gasteiger partial charge is 0.370 e. The first kappa shape index (κ1) is 16.0. The molecule has 0 aromatic heterocycles. The summed E-state index contributed by atoms with van der Waals surface area (Å²) in [6.07, 6.45) is 10.6. The zero-order valence-electron chi connectivity index (χ0n) is 12.8. The Balaban J connectivity index is 2.64. The third-order valence-electron chi connectivity index (χ3n) is 3.82. The fourth-order valence-corrected chi connectivity index (χ4v) is 2.95. The fraction of sp³-hybridized carbons (Fsp3) is 1.00. The molecule has 1 heterocycles. The smallest absolute Gasteiger partial charge is 0.0841 e. The molecule has 18 heavy (non-hydrogen) atoms. The molecule has 1 saturated heterocycles. The summed E-state index contributed by atoms with van der Waals surface area (Å²) < 4.78 is 12.7. The Morgan fingerprint density at radius 1 is 0.500 bits per heavy atom. The predicted molar refractivity (Wildman–Crippen MR) is 77.0 cm³/mol. The molecule has 1 rings (SSSR count). The van der Waals surface area contributed by atoms with Crippen LogP contribution in [-0.4, -0.2) is 24.4 Å². The SMILES string of the molecule is CCCC1OC(CCC)C(CCC)OC1CCC. The molecule has 2 nitrogen and oxygen atoms in total. The highest BCUT2D eigenvalue weighted by molar-refractivity contribution is 4.83. The van der Waals surface area contributed by atoms with Gasteiger partial charge in [-0.1, -0.05) is 53.4 Å². The molecule has 2 heteroatoms. The third kappa shape index (κ3) is 4.55. The van der Waals surface area contributed by atoms with Crippen LogP contribution in [0.25, 0.3) is 0 Å². The second-order valence-electron chi connectivity index (χ2n) is 5.58. The second-order valence-corrected chi connectivity index (χ2v) is 5.58. The van der Waals surface area contributed by atoms with Crippen molar-refractivity contribution in [2.75, 3.05) is 0 Å². The van der Waals surface area contributed by atoms with Crippen LogP contribution in [0.15, 0.2) is 0 Å². The molecule has 1 aliphatic rings. The Kier molecular flexibility index (Phi) is 7.92. The van der Waals surface area contributed by atoms with E-state index < -0.39 is 0 Å². The van der Waals surface area contributed by atoms with Gasteiger partial charge < -0.3 is 9.47 Å². The van der Waals surface area contributed by atoms with Crippen molar-refractivity contribution >= 4 is 0 Å². The van der Waals surface area contributed by atoms with Gasteiger partial charge in [-0.15, -0.1) is 0 Å². The Hall–Kier alpha value is -0.0800. The summed E-state index contributed by atoms with van der Waals surface area (Å²) in [6, 6.07) is 0. The molecule has 0 radical (unpaired) electrons. The van der Waals surface area contributed by atoms with Gasteiger partial charge in [0.25, 0.3) is 0 Å².